The Morgan fingerprint density at radius 3 is 2.35 bits per heavy atom. The van der Waals surface area contributed by atoms with Crippen molar-refractivity contribution < 1.29 is 8.78 Å². The number of nitrogens with one attached hydrogen (secondary N) is 2. The number of hydrogen-bond donors (Lipinski definition) is 3. The molecule has 0 saturated heterocycles. The highest BCUT2D eigenvalue weighted by molar-refractivity contribution is 5.46. The van der Waals surface area contributed by atoms with E-state index in [-0.39, 0.29) is 0 Å². The van der Waals surface area contributed by atoms with Crippen molar-refractivity contribution in [1.29, 1.82) is 0 Å². The van der Waals surface area contributed by atoms with Gasteiger partial charge in [-0.3, -0.25) is 0 Å². The molecule has 1 heterocycles. The van der Waals surface area contributed by atoms with Gasteiger partial charge < -0.3 is 10.7 Å². The molecule has 0 fully saturated rings. The Labute approximate surface area is 115 Å². The molecule has 0 radical (unpaired) electrons. The van der Waals surface area contributed by atoms with Gasteiger partial charge in [-0.2, -0.15) is 0 Å². The van der Waals surface area contributed by atoms with Gasteiger partial charge in [-0.15, -0.1) is 0 Å². The van der Waals surface area contributed by atoms with Crippen molar-refractivity contribution in [3.05, 3.63) is 47.3 Å². The number of aromatic nitrogens is 2. The van der Waals surface area contributed by atoms with Gasteiger partial charge in [0.1, 0.15) is 29.1 Å². The summed E-state index contributed by atoms with van der Waals surface area (Å²) in [6, 6.07) is 5.12. The molecule has 7 heteroatoms. The highest BCUT2D eigenvalue weighted by Crippen LogP contribution is 2.11. The Kier molecular flexibility index (Phi) is 4.41. The van der Waals surface area contributed by atoms with E-state index < -0.39 is 11.6 Å². The number of nitrogens with zero attached hydrogens (tertiary/aromatic N) is 2. The lowest BCUT2D eigenvalue weighted by Gasteiger charge is -2.08. The van der Waals surface area contributed by atoms with Gasteiger partial charge in [-0.25, -0.2) is 24.6 Å². The van der Waals surface area contributed by atoms with Gasteiger partial charge >= 0.3 is 0 Å². The second-order valence-corrected chi connectivity index (χ2v) is 4.28. The quantitative estimate of drug-likeness (QED) is 0.576. The Morgan fingerprint density at radius 1 is 1.05 bits per heavy atom. The van der Waals surface area contributed by atoms with E-state index in [9.17, 15) is 8.78 Å². The summed E-state index contributed by atoms with van der Waals surface area (Å²) < 4.78 is 26.1. The van der Waals surface area contributed by atoms with E-state index in [1.807, 2.05) is 0 Å². The van der Waals surface area contributed by atoms with Crippen LogP contribution in [0.4, 0.5) is 20.4 Å². The van der Waals surface area contributed by atoms with Gasteiger partial charge in [-0.1, -0.05) is 0 Å². The summed E-state index contributed by atoms with van der Waals surface area (Å²) in [5.74, 6) is 5.80. The standard InChI is InChI=1S/C13H15F2N5/c1-8-18-12(7-13(19-8)20-16)17-3-2-9-4-10(14)6-11(15)5-9/h4-7H,2-3,16H2,1H3,(H2,17,18,19,20). The molecular formula is C13H15F2N5. The first-order valence-corrected chi connectivity index (χ1v) is 6.08. The maximum atomic E-state index is 13.0. The third kappa shape index (κ3) is 3.86. The molecule has 0 spiro atoms. The number of anilines is 2. The van der Waals surface area contributed by atoms with Crippen LogP contribution in [-0.4, -0.2) is 16.5 Å². The topological polar surface area (TPSA) is 75.9 Å². The zero-order chi connectivity index (χ0) is 14.5. The van der Waals surface area contributed by atoms with Crippen molar-refractivity contribution in [3.8, 4) is 0 Å². The number of rotatable bonds is 5. The molecule has 2 aromatic rings. The van der Waals surface area contributed by atoms with Crippen molar-refractivity contribution >= 4 is 11.6 Å². The number of nitrogens with two attached hydrogens (primary N) is 1. The first-order valence-electron chi connectivity index (χ1n) is 6.08. The van der Waals surface area contributed by atoms with Crippen LogP contribution in [0.5, 0.6) is 0 Å². The second kappa shape index (κ2) is 6.25. The lowest BCUT2D eigenvalue weighted by molar-refractivity contribution is 0.580. The van der Waals surface area contributed by atoms with Gasteiger partial charge in [-0.05, 0) is 31.0 Å². The molecule has 20 heavy (non-hydrogen) atoms. The van der Waals surface area contributed by atoms with Crippen LogP contribution in [-0.2, 0) is 6.42 Å². The first-order chi connectivity index (χ1) is 9.56. The molecule has 4 N–H and O–H groups in total. The fourth-order valence-electron chi connectivity index (χ4n) is 1.82. The monoisotopic (exact) mass is 279 g/mol. The molecule has 2 rings (SSSR count). The van der Waals surface area contributed by atoms with Gasteiger partial charge in [0.25, 0.3) is 0 Å². The number of hydrazine groups is 1. The Balaban J connectivity index is 1.97. The maximum absolute atomic E-state index is 13.0. The van der Waals surface area contributed by atoms with Crippen LogP contribution >= 0.6 is 0 Å². The molecule has 0 aliphatic carbocycles. The van der Waals surface area contributed by atoms with Gasteiger partial charge in [0, 0.05) is 18.7 Å². The molecule has 0 amide bonds. The smallest absolute Gasteiger partial charge is 0.145 e. The Hall–Kier alpha value is -2.28. The summed E-state index contributed by atoms with van der Waals surface area (Å²) >= 11 is 0. The number of halogens is 2. The van der Waals surface area contributed by atoms with E-state index in [0.29, 0.717) is 36.0 Å². The SMILES string of the molecule is Cc1nc(NN)cc(NCCc2cc(F)cc(F)c2)n1. The van der Waals surface area contributed by atoms with Crippen molar-refractivity contribution in [1.82, 2.24) is 9.97 Å². The molecule has 0 bridgehead atoms. The lowest BCUT2D eigenvalue weighted by Crippen LogP contribution is -2.12. The molecular weight excluding hydrogens is 264 g/mol. The number of aryl methyl sites for hydroxylation is 1. The maximum Gasteiger partial charge on any atom is 0.145 e. The summed E-state index contributed by atoms with van der Waals surface area (Å²) in [4.78, 5) is 8.24. The van der Waals surface area contributed by atoms with Crippen LogP contribution in [0.1, 0.15) is 11.4 Å². The molecule has 0 aliphatic heterocycles. The highest BCUT2D eigenvalue weighted by Gasteiger charge is 2.03. The van der Waals surface area contributed by atoms with Crippen LogP contribution in [0.2, 0.25) is 0 Å². The predicted molar refractivity (Wildman–Crippen MR) is 73.1 cm³/mol. The first kappa shape index (κ1) is 14.1. The number of benzene rings is 1. The van der Waals surface area contributed by atoms with E-state index in [0.717, 1.165) is 6.07 Å². The Bertz CT molecular complexity index is 583. The van der Waals surface area contributed by atoms with Crippen molar-refractivity contribution in [2.75, 3.05) is 17.3 Å². The number of nitrogen functional groups attached to an aromatic ring is 1. The van der Waals surface area contributed by atoms with E-state index in [1.54, 1.807) is 13.0 Å². The second-order valence-electron chi connectivity index (χ2n) is 4.28. The summed E-state index contributed by atoms with van der Waals surface area (Å²) in [6.45, 7) is 2.23. The summed E-state index contributed by atoms with van der Waals surface area (Å²) in [6.07, 6.45) is 0.475. The van der Waals surface area contributed by atoms with Crippen LogP contribution in [0, 0.1) is 18.6 Å². The third-order valence-corrected chi connectivity index (χ3v) is 2.63. The van der Waals surface area contributed by atoms with Gasteiger partial charge in [0.15, 0.2) is 0 Å². The zero-order valence-corrected chi connectivity index (χ0v) is 11.0. The minimum atomic E-state index is -0.576. The van der Waals surface area contributed by atoms with Crippen LogP contribution in [0.3, 0.4) is 0 Å². The van der Waals surface area contributed by atoms with Crippen molar-refractivity contribution in [2.45, 2.75) is 13.3 Å². The average molecular weight is 279 g/mol. The fraction of sp³-hybridized carbons (Fsp3) is 0.231. The largest absolute Gasteiger partial charge is 0.370 e. The summed E-state index contributed by atoms with van der Waals surface area (Å²) in [5, 5.41) is 3.06. The van der Waals surface area contributed by atoms with Crippen LogP contribution in [0.25, 0.3) is 0 Å². The average Bonchev–Trinajstić information content (AvgIpc) is 2.37. The predicted octanol–water partition coefficient (Wildman–Crippen LogP) is 2.00. The molecule has 0 unspecified atom stereocenters. The molecule has 106 valence electrons. The minimum Gasteiger partial charge on any atom is -0.370 e. The molecule has 1 aromatic carbocycles. The zero-order valence-electron chi connectivity index (χ0n) is 11.0. The summed E-state index contributed by atoms with van der Waals surface area (Å²) in [5.41, 5.74) is 3.02. The Morgan fingerprint density at radius 2 is 1.70 bits per heavy atom. The minimum absolute atomic E-state index is 0.475. The van der Waals surface area contributed by atoms with E-state index >= 15 is 0 Å². The van der Waals surface area contributed by atoms with E-state index in [1.165, 1.54) is 12.1 Å². The molecule has 0 atom stereocenters. The summed E-state index contributed by atoms with van der Waals surface area (Å²) in [7, 11) is 0. The molecule has 0 aliphatic rings. The van der Waals surface area contributed by atoms with Gasteiger partial charge in [0.05, 0.1) is 0 Å². The van der Waals surface area contributed by atoms with Crippen LogP contribution in [0.15, 0.2) is 24.3 Å². The van der Waals surface area contributed by atoms with Gasteiger partial charge in [0.2, 0.25) is 0 Å². The van der Waals surface area contributed by atoms with Crippen molar-refractivity contribution in [3.63, 3.8) is 0 Å². The normalized spacial score (nSPS) is 10.4. The van der Waals surface area contributed by atoms with Crippen LogP contribution < -0.4 is 16.6 Å². The lowest BCUT2D eigenvalue weighted by atomic mass is 10.1. The highest BCUT2D eigenvalue weighted by atomic mass is 19.1. The third-order valence-electron chi connectivity index (χ3n) is 2.63. The number of hydrogen-bond acceptors (Lipinski definition) is 5. The molecule has 0 saturated carbocycles. The van der Waals surface area contributed by atoms with E-state index in [2.05, 4.69) is 20.7 Å². The molecule has 1 aromatic heterocycles. The van der Waals surface area contributed by atoms with Crippen molar-refractivity contribution in [2.24, 2.45) is 5.84 Å². The molecule has 5 nitrogen and oxygen atoms in total. The fourth-order valence-corrected chi connectivity index (χ4v) is 1.82. The van der Waals surface area contributed by atoms with E-state index in [4.69, 9.17) is 5.84 Å².